The number of ether oxygens (including phenoxy) is 1. The number of amides is 2. The Morgan fingerprint density at radius 1 is 1.06 bits per heavy atom. The molecule has 35 heavy (non-hydrogen) atoms. The summed E-state index contributed by atoms with van der Waals surface area (Å²) in [4.78, 5) is 27.1. The maximum Gasteiger partial charge on any atom is 0.266 e. The molecule has 2 amide bonds. The van der Waals surface area contributed by atoms with Crippen molar-refractivity contribution in [2.45, 2.75) is 19.4 Å². The lowest BCUT2D eigenvalue weighted by Gasteiger charge is -2.14. The van der Waals surface area contributed by atoms with E-state index in [4.69, 9.17) is 17.0 Å². The molecule has 0 unspecified atom stereocenters. The van der Waals surface area contributed by atoms with Gasteiger partial charge in [0.25, 0.3) is 5.91 Å². The van der Waals surface area contributed by atoms with Gasteiger partial charge in [-0.15, -0.1) is 0 Å². The van der Waals surface area contributed by atoms with Crippen LogP contribution in [0.2, 0.25) is 0 Å². The van der Waals surface area contributed by atoms with E-state index in [1.54, 1.807) is 6.08 Å². The highest BCUT2D eigenvalue weighted by molar-refractivity contribution is 8.26. The zero-order chi connectivity index (χ0) is 24.6. The van der Waals surface area contributed by atoms with Crippen molar-refractivity contribution in [2.75, 3.05) is 11.9 Å². The fourth-order valence-electron chi connectivity index (χ4n) is 3.43. The van der Waals surface area contributed by atoms with Gasteiger partial charge in [-0.2, -0.15) is 0 Å². The number of carbonyl (C=O) groups excluding carboxylic acids is 2. The van der Waals surface area contributed by atoms with Gasteiger partial charge in [-0.25, -0.2) is 4.39 Å². The third kappa shape index (κ3) is 7.00. The first-order valence-electron chi connectivity index (χ1n) is 11.1. The summed E-state index contributed by atoms with van der Waals surface area (Å²) >= 11 is 6.64. The zero-order valence-electron chi connectivity index (χ0n) is 18.8. The van der Waals surface area contributed by atoms with Crippen LogP contribution in [0.25, 0.3) is 6.08 Å². The van der Waals surface area contributed by atoms with Gasteiger partial charge in [-0.1, -0.05) is 66.4 Å². The summed E-state index contributed by atoms with van der Waals surface area (Å²) in [6.07, 6.45) is 2.47. The topological polar surface area (TPSA) is 58.6 Å². The largest absolute Gasteiger partial charge is 0.489 e. The second-order valence-corrected chi connectivity index (χ2v) is 9.51. The van der Waals surface area contributed by atoms with Crippen LogP contribution >= 0.6 is 24.0 Å². The van der Waals surface area contributed by atoms with Crippen molar-refractivity contribution in [3.8, 4) is 5.75 Å². The number of nitrogens with one attached hydrogen (secondary N) is 1. The van der Waals surface area contributed by atoms with Crippen LogP contribution in [0.3, 0.4) is 0 Å². The van der Waals surface area contributed by atoms with E-state index in [0.29, 0.717) is 40.2 Å². The van der Waals surface area contributed by atoms with Crippen LogP contribution in [-0.4, -0.2) is 27.6 Å². The zero-order valence-corrected chi connectivity index (χ0v) is 20.4. The molecule has 0 aromatic heterocycles. The van der Waals surface area contributed by atoms with Gasteiger partial charge in [0.1, 0.15) is 22.5 Å². The normalized spacial score (nSPS) is 14.4. The van der Waals surface area contributed by atoms with E-state index in [1.165, 1.54) is 40.9 Å². The minimum Gasteiger partial charge on any atom is -0.489 e. The van der Waals surface area contributed by atoms with Crippen LogP contribution in [0.1, 0.15) is 24.0 Å². The van der Waals surface area contributed by atoms with Crippen LogP contribution in [-0.2, 0) is 16.2 Å². The monoisotopic (exact) mass is 506 g/mol. The van der Waals surface area contributed by atoms with Gasteiger partial charge in [-0.3, -0.25) is 14.5 Å². The number of rotatable bonds is 9. The van der Waals surface area contributed by atoms with Gasteiger partial charge >= 0.3 is 0 Å². The average molecular weight is 507 g/mol. The minimum atomic E-state index is -0.364. The molecule has 0 aliphatic carbocycles. The Morgan fingerprint density at radius 2 is 1.83 bits per heavy atom. The highest BCUT2D eigenvalue weighted by Gasteiger charge is 2.31. The summed E-state index contributed by atoms with van der Waals surface area (Å²) in [7, 11) is 0. The van der Waals surface area contributed by atoms with Crippen molar-refractivity contribution in [1.82, 2.24) is 4.90 Å². The molecule has 0 spiro atoms. The summed E-state index contributed by atoms with van der Waals surface area (Å²) in [5.74, 6) is -0.0263. The van der Waals surface area contributed by atoms with Crippen LogP contribution in [0.15, 0.2) is 83.8 Å². The Balaban J connectivity index is 1.30. The first kappa shape index (κ1) is 24.6. The molecule has 1 saturated heterocycles. The van der Waals surface area contributed by atoms with Gasteiger partial charge in [0.15, 0.2) is 0 Å². The molecule has 1 aliphatic rings. The quantitative estimate of drug-likeness (QED) is 0.284. The van der Waals surface area contributed by atoms with Gasteiger partial charge in [0, 0.05) is 18.7 Å². The van der Waals surface area contributed by atoms with Crippen LogP contribution in [0.4, 0.5) is 10.1 Å². The fourth-order valence-corrected chi connectivity index (χ4v) is 4.74. The lowest BCUT2D eigenvalue weighted by atomic mass is 10.2. The third-order valence-corrected chi connectivity index (χ3v) is 6.57. The van der Waals surface area contributed by atoms with E-state index in [9.17, 15) is 14.0 Å². The number of thiocarbonyl (C=S) groups is 1. The molecule has 1 heterocycles. The smallest absolute Gasteiger partial charge is 0.266 e. The van der Waals surface area contributed by atoms with Crippen molar-refractivity contribution >= 4 is 51.9 Å². The molecule has 1 aliphatic heterocycles. The first-order valence-corrected chi connectivity index (χ1v) is 12.3. The van der Waals surface area contributed by atoms with Gasteiger partial charge in [0.05, 0.1) is 4.91 Å². The molecule has 0 saturated carbocycles. The maximum atomic E-state index is 13.0. The Morgan fingerprint density at radius 3 is 2.60 bits per heavy atom. The number of nitrogens with zero attached hydrogens (tertiary/aromatic N) is 1. The molecule has 0 bridgehead atoms. The van der Waals surface area contributed by atoms with E-state index in [1.807, 2.05) is 54.6 Å². The molecule has 0 radical (unpaired) electrons. The molecule has 3 aromatic carbocycles. The van der Waals surface area contributed by atoms with E-state index < -0.39 is 0 Å². The van der Waals surface area contributed by atoms with Gasteiger partial charge < -0.3 is 10.1 Å². The van der Waals surface area contributed by atoms with Crippen molar-refractivity contribution in [1.29, 1.82) is 0 Å². The van der Waals surface area contributed by atoms with E-state index in [0.717, 1.165) is 11.1 Å². The lowest BCUT2D eigenvalue weighted by Crippen LogP contribution is -2.29. The van der Waals surface area contributed by atoms with E-state index >= 15 is 0 Å². The molecule has 5 nitrogen and oxygen atoms in total. The minimum absolute atomic E-state index is 0.172. The van der Waals surface area contributed by atoms with Crippen molar-refractivity contribution < 1.29 is 18.7 Å². The number of hydrogen-bond acceptors (Lipinski definition) is 5. The fraction of sp³-hybridized carbons (Fsp3) is 0.148. The number of thioether (sulfide) groups is 1. The number of carbonyl (C=O) groups is 2. The van der Waals surface area contributed by atoms with Gasteiger partial charge in [-0.05, 0) is 60.0 Å². The summed E-state index contributed by atoms with van der Waals surface area (Å²) in [6.45, 7) is 0.806. The summed E-state index contributed by atoms with van der Waals surface area (Å²) in [5.41, 5.74) is 2.44. The molecular weight excluding hydrogens is 483 g/mol. The predicted octanol–water partition coefficient (Wildman–Crippen LogP) is 6.02. The summed E-state index contributed by atoms with van der Waals surface area (Å²) < 4.78 is 19.3. The molecule has 3 aromatic rings. The molecule has 4 rings (SSSR count). The standard InChI is InChI=1S/C27H23FN2O3S2/c28-21-11-13-22(14-12-21)29-25(31)10-5-15-30-26(32)24(35-27(30)34)17-20-8-4-9-23(16-20)33-18-19-6-2-1-3-7-19/h1-4,6-9,11-14,16-17H,5,10,15,18H2,(H,29,31)/b24-17-. The van der Waals surface area contributed by atoms with Gasteiger partial charge in [0.2, 0.25) is 5.91 Å². The van der Waals surface area contributed by atoms with Crippen LogP contribution in [0.5, 0.6) is 5.75 Å². The second kappa shape index (κ2) is 11.8. The Kier molecular flexibility index (Phi) is 8.28. The van der Waals surface area contributed by atoms with E-state index in [-0.39, 0.29) is 24.1 Å². The Hall–Kier alpha value is -3.49. The number of halogens is 1. The van der Waals surface area contributed by atoms with Crippen LogP contribution < -0.4 is 10.1 Å². The van der Waals surface area contributed by atoms with E-state index in [2.05, 4.69) is 5.32 Å². The molecular formula is C27H23FN2O3S2. The molecule has 1 fully saturated rings. The van der Waals surface area contributed by atoms with Crippen LogP contribution in [0, 0.1) is 5.82 Å². The van der Waals surface area contributed by atoms with Crippen molar-refractivity contribution in [2.24, 2.45) is 0 Å². The summed E-state index contributed by atoms with van der Waals surface area (Å²) in [5, 5.41) is 2.71. The Bertz CT molecular complexity index is 1250. The SMILES string of the molecule is O=C(CCCN1C(=O)/C(=C/c2cccc(OCc3ccccc3)c2)SC1=S)Nc1ccc(F)cc1. The molecule has 1 N–H and O–H groups in total. The number of anilines is 1. The number of benzene rings is 3. The molecule has 178 valence electrons. The molecule has 0 atom stereocenters. The maximum absolute atomic E-state index is 13.0. The number of hydrogen-bond donors (Lipinski definition) is 1. The highest BCUT2D eigenvalue weighted by atomic mass is 32.2. The average Bonchev–Trinajstić information content (AvgIpc) is 3.12. The first-order chi connectivity index (χ1) is 17.0. The van der Waals surface area contributed by atoms with Crippen molar-refractivity contribution in [3.05, 3.63) is 101 Å². The van der Waals surface area contributed by atoms with Crippen molar-refractivity contribution in [3.63, 3.8) is 0 Å². The second-order valence-electron chi connectivity index (χ2n) is 7.84. The summed E-state index contributed by atoms with van der Waals surface area (Å²) in [6, 6.07) is 23.0. The highest BCUT2D eigenvalue weighted by Crippen LogP contribution is 2.33. The molecule has 8 heteroatoms. The predicted molar refractivity (Wildman–Crippen MR) is 141 cm³/mol. The third-order valence-electron chi connectivity index (χ3n) is 5.19. The lowest BCUT2D eigenvalue weighted by molar-refractivity contribution is -0.122. The Labute approximate surface area is 213 Å².